The summed E-state index contributed by atoms with van der Waals surface area (Å²) in [5.41, 5.74) is 7.11. The number of thiophene rings is 1. The van der Waals surface area contributed by atoms with Crippen LogP contribution < -0.4 is 15.2 Å². The molecule has 2 N–H and O–H groups in total. The molecule has 0 aliphatic carbocycles. The van der Waals surface area contributed by atoms with Crippen LogP contribution in [0.2, 0.25) is 0 Å². The van der Waals surface area contributed by atoms with Crippen molar-refractivity contribution in [2.45, 2.75) is 6.43 Å². The molecule has 1 aromatic carbocycles. The van der Waals surface area contributed by atoms with E-state index in [1.165, 1.54) is 32.5 Å². The van der Waals surface area contributed by atoms with Gasteiger partial charge < -0.3 is 15.2 Å². The van der Waals surface area contributed by atoms with Crippen molar-refractivity contribution in [2.24, 2.45) is 0 Å². The minimum atomic E-state index is -2.79. The van der Waals surface area contributed by atoms with Crippen LogP contribution in [0.1, 0.15) is 27.2 Å². The van der Waals surface area contributed by atoms with E-state index < -0.39 is 12.2 Å². The van der Waals surface area contributed by atoms with E-state index in [2.05, 4.69) is 9.97 Å². The largest absolute Gasteiger partial charge is 0.493 e. The molecule has 0 bridgehead atoms. The van der Waals surface area contributed by atoms with Gasteiger partial charge in [0, 0.05) is 34.5 Å². The lowest BCUT2D eigenvalue weighted by atomic mass is 10.0. The first-order chi connectivity index (χ1) is 14.9. The number of hydrogen-bond acceptors (Lipinski definition) is 7. The number of benzene rings is 1. The number of hydrogen-bond donors (Lipinski definition) is 1. The molecule has 158 valence electrons. The van der Waals surface area contributed by atoms with Crippen molar-refractivity contribution in [3.05, 3.63) is 64.8 Å². The van der Waals surface area contributed by atoms with E-state index in [9.17, 15) is 13.6 Å². The van der Waals surface area contributed by atoms with Crippen molar-refractivity contribution in [3.63, 3.8) is 0 Å². The van der Waals surface area contributed by atoms with Gasteiger partial charge in [0.15, 0.2) is 11.5 Å². The van der Waals surface area contributed by atoms with Gasteiger partial charge in [-0.05, 0) is 36.4 Å². The van der Waals surface area contributed by atoms with E-state index in [-0.39, 0.29) is 26.3 Å². The number of halogens is 2. The lowest BCUT2D eigenvalue weighted by Crippen LogP contribution is -2.03. The van der Waals surface area contributed by atoms with E-state index in [0.717, 1.165) is 11.3 Å². The number of nitrogens with zero attached hydrogens (tertiary/aromatic N) is 2. The Morgan fingerprint density at radius 1 is 1.13 bits per heavy atom. The highest BCUT2D eigenvalue weighted by atomic mass is 32.1. The summed E-state index contributed by atoms with van der Waals surface area (Å²) in [6, 6.07) is 9.39. The standard InChI is InChI=1S/C22H17F2N3O3S/c1-29-15-6-5-11(8-16(15)30-2)19(28)20-18(25)17-13(21(23)24)9-14(27-22(17)31-20)12-4-3-7-26-10-12/h3-10,21H,25H2,1-2H3. The summed E-state index contributed by atoms with van der Waals surface area (Å²) in [4.78, 5) is 22.0. The normalized spacial score (nSPS) is 11.1. The molecular formula is C22H17F2N3O3S. The Labute approximate surface area is 180 Å². The van der Waals surface area contributed by atoms with Crippen molar-refractivity contribution in [1.29, 1.82) is 0 Å². The van der Waals surface area contributed by atoms with Gasteiger partial charge in [0.25, 0.3) is 6.43 Å². The van der Waals surface area contributed by atoms with E-state index in [1.54, 1.807) is 30.5 Å². The topological polar surface area (TPSA) is 87.3 Å². The molecule has 0 amide bonds. The number of aromatic nitrogens is 2. The van der Waals surface area contributed by atoms with Gasteiger partial charge in [0.1, 0.15) is 9.71 Å². The quantitative estimate of drug-likeness (QED) is 0.418. The minimum Gasteiger partial charge on any atom is -0.493 e. The highest BCUT2D eigenvalue weighted by Crippen LogP contribution is 2.41. The van der Waals surface area contributed by atoms with Crippen LogP contribution in [0.15, 0.2) is 48.8 Å². The molecule has 6 nitrogen and oxygen atoms in total. The van der Waals surface area contributed by atoms with E-state index >= 15 is 0 Å². The van der Waals surface area contributed by atoms with Gasteiger partial charge in [-0.1, -0.05) is 0 Å². The smallest absolute Gasteiger partial charge is 0.264 e. The van der Waals surface area contributed by atoms with Crippen molar-refractivity contribution in [2.75, 3.05) is 20.0 Å². The molecule has 31 heavy (non-hydrogen) atoms. The highest BCUT2D eigenvalue weighted by Gasteiger charge is 2.25. The fourth-order valence-corrected chi connectivity index (χ4v) is 4.35. The molecule has 4 aromatic rings. The van der Waals surface area contributed by atoms with Crippen LogP contribution in [0.3, 0.4) is 0 Å². The number of ketones is 1. The number of pyridine rings is 2. The number of carbonyl (C=O) groups excluding carboxylic acids is 1. The molecule has 0 aliphatic rings. The van der Waals surface area contributed by atoms with E-state index in [1.807, 2.05) is 0 Å². The second-order valence-electron chi connectivity index (χ2n) is 6.56. The molecule has 0 spiro atoms. The lowest BCUT2D eigenvalue weighted by Gasteiger charge is -2.09. The molecule has 0 saturated carbocycles. The third-order valence-electron chi connectivity index (χ3n) is 4.77. The van der Waals surface area contributed by atoms with Gasteiger partial charge in [-0.15, -0.1) is 11.3 Å². The molecule has 3 heterocycles. The van der Waals surface area contributed by atoms with Crippen molar-refractivity contribution < 1.29 is 23.0 Å². The molecule has 4 rings (SSSR count). The summed E-state index contributed by atoms with van der Waals surface area (Å²) in [6.07, 6.45) is 0.330. The predicted molar refractivity (Wildman–Crippen MR) is 115 cm³/mol. The maximum absolute atomic E-state index is 13.9. The van der Waals surface area contributed by atoms with Gasteiger partial charge in [0.05, 0.1) is 25.6 Å². The molecular weight excluding hydrogens is 424 g/mol. The number of nitrogen functional groups attached to an aromatic ring is 1. The van der Waals surface area contributed by atoms with E-state index in [4.69, 9.17) is 15.2 Å². The Hall–Kier alpha value is -3.59. The van der Waals surface area contributed by atoms with Crippen molar-refractivity contribution in [3.8, 4) is 22.8 Å². The molecule has 0 saturated heterocycles. The number of carbonyl (C=O) groups is 1. The third-order valence-corrected chi connectivity index (χ3v) is 5.87. The number of ether oxygens (including phenoxy) is 2. The van der Waals surface area contributed by atoms with Crippen LogP contribution >= 0.6 is 11.3 Å². The van der Waals surface area contributed by atoms with Gasteiger partial charge >= 0.3 is 0 Å². The first-order valence-electron chi connectivity index (χ1n) is 9.12. The zero-order chi connectivity index (χ0) is 22.1. The summed E-state index contributed by atoms with van der Waals surface area (Å²) in [5, 5.41) is 0.0940. The van der Waals surface area contributed by atoms with Crippen LogP contribution in [0.4, 0.5) is 14.5 Å². The SMILES string of the molecule is COc1ccc(C(=O)c2sc3nc(-c4cccnc4)cc(C(F)F)c3c2N)cc1OC. The monoisotopic (exact) mass is 441 g/mol. The van der Waals surface area contributed by atoms with Crippen LogP contribution in [0.5, 0.6) is 11.5 Å². The number of methoxy groups -OCH3 is 2. The van der Waals surface area contributed by atoms with Gasteiger partial charge in [0.2, 0.25) is 5.78 Å². The molecule has 3 aromatic heterocycles. The summed E-state index contributed by atoms with van der Waals surface area (Å²) in [5.74, 6) is 0.425. The number of rotatable bonds is 6. The summed E-state index contributed by atoms with van der Waals surface area (Å²) in [6.45, 7) is 0. The maximum atomic E-state index is 13.9. The molecule has 0 fully saturated rings. The Morgan fingerprint density at radius 2 is 1.90 bits per heavy atom. The Bertz CT molecular complexity index is 1280. The maximum Gasteiger partial charge on any atom is 0.264 e. The summed E-state index contributed by atoms with van der Waals surface area (Å²) in [7, 11) is 2.94. The average Bonchev–Trinajstić information content (AvgIpc) is 3.14. The van der Waals surface area contributed by atoms with Gasteiger partial charge in [-0.3, -0.25) is 9.78 Å². The van der Waals surface area contributed by atoms with Crippen molar-refractivity contribution >= 4 is 33.0 Å². The summed E-state index contributed by atoms with van der Waals surface area (Å²) < 4.78 is 38.2. The summed E-state index contributed by atoms with van der Waals surface area (Å²) >= 11 is 0.979. The zero-order valence-electron chi connectivity index (χ0n) is 16.6. The molecule has 0 radical (unpaired) electrons. The lowest BCUT2D eigenvalue weighted by molar-refractivity contribution is 0.104. The number of nitrogens with two attached hydrogens (primary N) is 1. The first kappa shape index (κ1) is 20.7. The Kier molecular flexibility index (Phi) is 5.51. The Morgan fingerprint density at radius 3 is 2.55 bits per heavy atom. The fourth-order valence-electron chi connectivity index (χ4n) is 3.26. The second-order valence-corrected chi connectivity index (χ2v) is 7.56. The van der Waals surface area contributed by atoms with Crippen LogP contribution in [-0.2, 0) is 0 Å². The Balaban J connectivity index is 1.87. The van der Waals surface area contributed by atoms with Crippen LogP contribution in [0, 0.1) is 0 Å². The zero-order valence-corrected chi connectivity index (χ0v) is 17.4. The van der Waals surface area contributed by atoms with Gasteiger partial charge in [-0.25, -0.2) is 13.8 Å². The predicted octanol–water partition coefficient (Wildman–Crippen LogP) is 5.13. The molecule has 0 aliphatic heterocycles. The second kappa shape index (κ2) is 8.27. The highest BCUT2D eigenvalue weighted by molar-refractivity contribution is 7.21. The van der Waals surface area contributed by atoms with Crippen LogP contribution in [0.25, 0.3) is 21.5 Å². The number of anilines is 1. The molecule has 9 heteroatoms. The fraction of sp³-hybridized carbons (Fsp3) is 0.136. The van der Waals surface area contributed by atoms with E-state index in [0.29, 0.717) is 28.3 Å². The minimum absolute atomic E-state index is 0.0136. The van der Waals surface area contributed by atoms with Crippen molar-refractivity contribution in [1.82, 2.24) is 9.97 Å². The first-order valence-corrected chi connectivity index (χ1v) is 9.94. The molecule has 0 unspecified atom stereocenters. The average molecular weight is 441 g/mol. The number of fused-ring (bicyclic) bond motifs is 1. The number of alkyl halides is 2. The van der Waals surface area contributed by atoms with Crippen LogP contribution in [-0.4, -0.2) is 30.0 Å². The third kappa shape index (κ3) is 3.68. The van der Waals surface area contributed by atoms with Gasteiger partial charge in [-0.2, -0.15) is 0 Å². The molecule has 0 atom stereocenters.